The van der Waals surface area contributed by atoms with E-state index < -0.39 is 11.6 Å². The van der Waals surface area contributed by atoms with Crippen LogP contribution in [0.2, 0.25) is 0 Å². The minimum Gasteiger partial charge on any atom is -0.456 e. The number of carbonyl (C=O) groups is 1. The van der Waals surface area contributed by atoms with Crippen LogP contribution < -0.4 is 5.48 Å². The number of esters is 1. The fourth-order valence-electron chi connectivity index (χ4n) is 1.34. The summed E-state index contributed by atoms with van der Waals surface area (Å²) in [6.07, 6.45) is 0. The summed E-state index contributed by atoms with van der Waals surface area (Å²) in [5, 5.41) is 8.76. The SMILES string of the molecule is CC(C)(C)OC(=O)c1cccc(Br)c1CNO. The first-order chi connectivity index (χ1) is 7.85. The smallest absolute Gasteiger partial charge is 0.339 e. The second-order valence-electron chi connectivity index (χ2n) is 4.60. The Morgan fingerprint density at radius 3 is 2.65 bits per heavy atom. The van der Waals surface area contributed by atoms with E-state index in [0.29, 0.717) is 11.1 Å². The van der Waals surface area contributed by atoms with Crippen molar-refractivity contribution in [2.45, 2.75) is 32.9 Å². The summed E-state index contributed by atoms with van der Waals surface area (Å²) >= 11 is 3.34. The maximum absolute atomic E-state index is 12.0. The highest BCUT2D eigenvalue weighted by Gasteiger charge is 2.21. The Kier molecular flexibility index (Phi) is 4.68. The molecule has 0 aliphatic heterocycles. The molecule has 17 heavy (non-hydrogen) atoms. The Morgan fingerprint density at radius 1 is 1.47 bits per heavy atom. The monoisotopic (exact) mass is 301 g/mol. The molecular formula is C12H16BrNO3. The topological polar surface area (TPSA) is 58.6 Å². The quantitative estimate of drug-likeness (QED) is 0.666. The molecule has 0 aliphatic carbocycles. The molecule has 0 saturated heterocycles. The van der Waals surface area contributed by atoms with Crippen molar-refractivity contribution < 1.29 is 14.7 Å². The van der Waals surface area contributed by atoms with Crippen LogP contribution >= 0.6 is 15.9 Å². The zero-order chi connectivity index (χ0) is 13.1. The Hall–Kier alpha value is -0.910. The molecule has 0 atom stereocenters. The maximum atomic E-state index is 12.0. The molecule has 2 N–H and O–H groups in total. The van der Waals surface area contributed by atoms with Gasteiger partial charge in [0.15, 0.2) is 0 Å². The van der Waals surface area contributed by atoms with E-state index in [0.717, 1.165) is 4.47 Å². The van der Waals surface area contributed by atoms with E-state index in [1.807, 2.05) is 26.3 Å². The number of nitrogens with one attached hydrogen (secondary N) is 1. The van der Waals surface area contributed by atoms with Crippen LogP contribution in [0.4, 0.5) is 0 Å². The third-order valence-electron chi connectivity index (χ3n) is 1.99. The minimum absolute atomic E-state index is 0.177. The first-order valence-electron chi connectivity index (χ1n) is 5.23. The zero-order valence-corrected chi connectivity index (χ0v) is 11.7. The summed E-state index contributed by atoms with van der Waals surface area (Å²) in [4.78, 5) is 12.0. The van der Waals surface area contributed by atoms with Crippen molar-refractivity contribution in [2.75, 3.05) is 0 Å². The molecule has 0 aliphatic rings. The van der Waals surface area contributed by atoms with Gasteiger partial charge in [-0.05, 0) is 38.5 Å². The molecule has 0 aromatic heterocycles. The normalized spacial score (nSPS) is 11.4. The van der Waals surface area contributed by atoms with Crippen LogP contribution in [-0.2, 0) is 11.3 Å². The van der Waals surface area contributed by atoms with Gasteiger partial charge in [-0.1, -0.05) is 22.0 Å². The van der Waals surface area contributed by atoms with E-state index in [1.54, 1.807) is 18.2 Å². The second kappa shape index (κ2) is 5.62. The largest absolute Gasteiger partial charge is 0.456 e. The lowest BCUT2D eigenvalue weighted by molar-refractivity contribution is 0.00675. The zero-order valence-electron chi connectivity index (χ0n) is 10.1. The van der Waals surface area contributed by atoms with E-state index in [-0.39, 0.29) is 6.54 Å². The van der Waals surface area contributed by atoms with Gasteiger partial charge in [0.1, 0.15) is 5.60 Å². The molecule has 0 radical (unpaired) electrons. The molecule has 1 rings (SSSR count). The van der Waals surface area contributed by atoms with Gasteiger partial charge in [0.05, 0.1) is 5.56 Å². The number of rotatable bonds is 3. The van der Waals surface area contributed by atoms with Gasteiger partial charge < -0.3 is 9.94 Å². The number of benzene rings is 1. The fraction of sp³-hybridized carbons (Fsp3) is 0.417. The van der Waals surface area contributed by atoms with Crippen molar-refractivity contribution in [1.29, 1.82) is 0 Å². The number of hydrogen-bond acceptors (Lipinski definition) is 4. The Bertz CT molecular complexity index is 413. The third kappa shape index (κ3) is 4.11. The maximum Gasteiger partial charge on any atom is 0.339 e. The number of ether oxygens (including phenoxy) is 1. The van der Waals surface area contributed by atoms with Gasteiger partial charge in [0.25, 0.3) is 0 Å². The summed E-state index contributed by atoms with van der Waals surface area (Å²) in [6, 6.07) is 5.23. The van der Waals surface area contributed by atoms with Crippen LogP contribution in [0.5, 0.6) is 0 Å². The van der Waals surface area contributed by atoms with Crippen molar-refractivity contribution in [3.8, 4) is 0 Å². The average molecular weight is 302 g/mol. The number of halogens is 1. The van der Waals surface area contributed by atoms with E-state index in [4.69, 9.17) is 9.94 Å². The molecule has 0 fully saturated rings. The second-order valence-corrected chi connectivity index (χ2v) is 5.46. The standard InChI is InChI=1S/C12H16BrNO3/c1-12(2,3)17-11(15)8-5-4-6-10(13)9(8)7-14-16/h4-6,14,16H,7H2,1-3H3. The van der Waals surface area contributed by atoms with Gasteiger partial charge in [0.2, 0.25) is 0 Å². The van der Waals surface area contributed by atoms with Crippen molar-refractivity contribution in [3.63, 3.8) is 0 Å². The molecular weight excluding hydrogens is 286 g/mol. The molecule has 0 unspecified atom stereocenters. The predicted molar refractivity (Wildman–Crippen MR) is 67.9 cm³/mol. The van der Waals surface area contributed by atoms with Crippen LogP contribution in [0.3, 0.4) is 0 Å². The lowest BCUT2D eigenvalue weighted by Gasteiger charge is -2.20. The van der Waals surface area contributed by atoms with Crippen LogP contribution in [-0.4, -0.2) is 16.8 Å². The van der Waals surface area contributed by atoms with Crippen LogP contribution in [0.1, 0.15) is 36.7 Å². The summed E-state index contributed by atoms with van der Waals surface area (Å²) in [7, 11) is 0. The third-order valence-corrected chi connectivity index (χ3v) is 2.74. The van der Waals surface area contributed by atoms with Crippen molar-refractivity contribution in [3.05, 3.63) is 33.8 Å². The summed E-state index contributed by atoms with van der Waals surface area (Å²) in [5.74, 6) is -0.399. The predicted octanol–water partition coefficient (Wildman–Crippen LogP) is 2.88. The minimum atomic E-state index is -0.538. The van der Waals surface area contributed by atoms with Crippen molar-refractivity contribution in [1.82, 2.24) is 5.48 Å². The molecule has 94 valence electrons. The Labute approximate surface area is 109 Å². The van der Waals surface area contributed by atoms with Crippen molar-refractivity contribution >= 4 is 21.9 Å². The van der Waals surface area contributed by atoms with Gasteiger partial charge in [0, 0.05) is 11.0 Å². The molecule has 0 bridgehead atoms. The van der Waals surface area contributed by atoms with Gasteiger partial charge in [-0.3, -0.25) is 0 Å². The van der Waals surface area contributed by atoms with E-state index in [2.05, 4.69) is 15.9 Å². The molecule has 0 amide bonds. The molecule has 0 saturated carbocycles. The Balaban J connectivity index is 3.04. The highest BCUT2D eigenvalue weighted by atomic mass is 79.9. The molecule has 1 aromatic rings. The first-order valence-corrected chi connectivity index (χ1v) is 6.02. The molecule has 4 nitrogen and oxygen atoms in total. The first kappa shape index (κ1) is 14.2. The average Bonchev–Trinajstić information content (AvgIpc) is 2.18. The number of hydrogen-bond donors (Lipinski definition) is 2. The van der Waals surface area contributed by atoms with E-state index in [1.165, 1.54) is 0 Å². The van der Waals surface area contributed by atoms with Gasteiger partial charge in [-0.2, -0.15) is 0 Å². The fourth-order valence-corrected chi connectivity index (χ4v) is 1.85. The van der Waals surface area contributed by atoms with Crippen LogP contribution in [0.25, 0.3) is 0 Å². The lowest BCUT2D eigenvalue weighted by atomic mass is 10.1. The summed E-state index contributed by atoms with van der Waals surface area (Å²) in [6.45, 7) is 5.61. The van der Waals surface area contributed by atoms with Gasteiger partial charge in [-0.25, -0.2) is 10.3 Å². The highest BCUT2D eigenvalue weighted by Crippen LogP contribution is 2.22. The summed E-state index contributed by atoms with van der Waals surface area (Å²) in [5.41, 5.74) is 2.62. The molecule has 0 spiro atoms. The molecule has 5 heteroatoms. The number of carbonyl (C=O) groups excluding carboxylic acids is 1. The van der Waals surface area contributed by atoms with Crippen LogP contribution in [0.15, 0.2) is 22.7 Å². The summed E-state index contributed by atoms with van der Waals surface area (Å²) < 4.78 is 6.05. The number of hydroxylamine groups is 1. The van der Waals surface area contributed by atoms with Gasteiger partial charge >= 0.3 is 5.97 Å². The Morgan fingerprint density at radius 2 is 2.12 bits per heavy atom. The highest BCUT2D eigenvalue weighted by molar-refractivity contribution is 9.10. The van der Waals surface area contributed by atoms with Crippen molar-refractivity contribution in [2.24, 2.45) is 0 Å². The van der Waals surface area contributed by atoms with E-state index in [9.17, 15) is 4.79 Å². The lowest BCUT2D eigenvalue weighted by Crippen LogP contribution is -2.25. The van der Waals surface area contributed by atoms with E-state index >= 15 is 0 Å². The molecule has 0 heterocycles. The van der Waals surface area contributed by atoms with Gasteiger partial charge in [-0.15, -0.1) is 0 Å². The van der Waals surface area contributed by atoms with Crippen LogP contribution in [0, 0.1) is 0 Å². The molecule has 1 aromatic carbocycles.